The van der Waals surface area contributed by atoms with Gasteiger partial charge in [-0.15, -0.1) is 10.2 Å². The number of hydrogen-bond acceptors (Lipinski definition) is 9. The third kappa shape index (κ3) is 5.10. The molecule has 9 nitrogen and oxygen atoms in total. The van der Waals surface area contributed by atoms with Crippen molar-refractivity contribution in [1.29, 1.82) is 0 Å². The monoisotopic (exact) mass is 511 g/mol. The molecule has 2 bridgehead atoms. The number of hydrogen-bond donors (Lipinski definition) is 2. The molecule has 5 heterocycles. The summed E-state index contributed by atoms with van der Waals surface area (Å²) in [5.41, 5.74) is 10.4. The van der Waals surface area contributed by atoms with Crippen LogP contribution in [0.15, 0.2) is 48.7 Å². The SMILES string of the molecule is Nc1nnc(-c2ccccc2O)cc1N1CC2CCC(C1)N2c1ccnc(C#CCN2CCCOCC2)c1. The maximum Gasteiger partial charge on any atom is 0.169 e. The van der Waals surface area contributed by atoms with Gasteiger partial charge in [0.05, 0.1) is 24.5 Å². The van der Waals surface area contributed by atoms with Gasteiger partial charge in [0.25, 0.3) is 0 Å². The molecule has 3 saturated heterocycles. The Labute approximate surface area is 223 Å². The molecule has 2 atom stereocenters. The quantitative estimate of drug-likeness (QED) is 0.512. The summed E-state index contributed by atoms with van der Waals surface area (Å²) in [6.07, 6.45) is 5.16. The van der Waals surface area contributed by atoms with E-state index in [2.05, 4.69) is 53.9 Å². The predicted molar refractivity (Wildman–Crippen MR) is 148 cm³/mol. The first-order valence-electron chi connectivity index (χ1n) is 13.4. The Balaban J connectivity index is 1.17. The Kier molecular flexibility index (Phi) is 6.99. The molecule has 0 amide bonds. The maximum atomic E-state index is 10.3. The van der Waals surface area contributed by atoms with Crippen molar-refractivity contribution < 1.29 is 9.84 Å². The van der Waals surface area contributed by atoms with Crippen molar-refractivity contribution in [3.05, 3.63) is 54.4 Å². The lowest BCUT2D eigenvalue weighted by Crippen LogP contribution is -2.54. The fraction of sp³-hybridized carbons (Fsp3) is 0.414. The number of nitrogen functional groups attached to an aromatic ring is 1. The Morgan fingerprint density at radius 2 is 1.87 bits per heavy atom. The number of benzene rings is 1. The van der Waals surface area contributed by atoms with Crippen molar-refractivity contribution in [3.63, 3.8) is 0 Å². The standard InChI is InChI=1S/C29H33N7O2/c30-29-27(18-26(32-33-29)25-6-1-2-7-28(25)37)35-19-23-8-9-24(20-35)36(23)22-10-11-31-21(17-22)5-3-12-34-13-4-15-38-16-14-34/h1-2,6-7,10-11,17-18,23-24,37H,4,8-9,12-16,19-20H2,(H2,30,33). The van der Waals surface area contributed by atoms with Gasteiger partial charge >= 0.3 is 0 Å². The topological polar surface area (TPSA) is 104 Å². The van der Waals surface area contributed by atoms with Crippen LogP contribution < -0.4 is 15.5 Å². The van der Waals surface area contributed by atoms with E-state index >= 15 is 0 Å². The first-order valence-corrected chi connectivity index (χ1v) is 13.4. The molecule has 2 unspecified atom stereocenters. The van der Waals surface area contributed by atoms with Gasteiger partial charge in [0.15, 0.2) is 5.82 Å². The van der Waals surface area contributed by atoms with Crippen LogP contribution >= 0.6 is 0 Å². The number of phenolic OH excluding ortho intramolecular Hbond substituents is 1. The summed E-state index contributed by atoms with van der Waals surface area (Å²) < 4.78 is 5.54. The minimum absolute atomic E-state index is 0.180. The van der Waals surface area contributed by atoms with Gasteiger partial charge in [-0.25, -0.2) is 4.98 Å². The van der Waals surface area contributed by atoms with Crippen LogP contribution in [-0.2, 0) is 4.74 Å². The highest BCUT2D eigenvalue weighted by Gasteiger charge is 2.40. The van der Waals surface area contributed by atoms with E-state index in [9.17, 15) is 5.11 Å². The summed E-state index contributed by atoms with van der Waals surface area (Å²) >= 11 is 0. The lowest BCUT2D eigenvalue weighted by atomic mass is 10.1. The van der Waals surface area contributed by atoms with Gasteiger partial charge in [-0.2, -0.15) is 0 Å². The van der Waals surface area contributed by atoms with Crippen molar-refractivity contribution in [2.75, 3.05) is 61.5 Å². The van der Waals surface area contributed by atoms with Crippen molar-refractivity contribution in [2.24, 2.45) is 0 Å². The van der Waals surface area contributed by atoms with Gasteiger partial charge in [0.1, 0.15) is 11.4 Å². The summed E-state index contributed by atoms with van der Waals surface area (Å²) in [5.74, 6) is 7.18. The Morgan fingerprint density at radius 3 is 2.71 bits per heavy atom. The van der Waals surface area contributed by atoms with Gasteiger partial charge in [0, 0.05) is 62.3 Å². The maximum absolute atomic E-state index is 10.3. The highest BCUT2D eigenvalue weighted by molar-refractivity contribution is 5.74. The Bertz CT molecular complexity index is 1330. The molecule has 0 aliphatic carbocycles. The molecule has 2 aromatic heterocycles. The van der Waals surface area contributed by atoms with E-state index in [0.29, 0.717) is 29.2 Å². The van der Waals surface area contributed by atoms with E-state index in [-0.39, 0.29) is 5.75 Å². The van der Waals surface area contributed by atoms with Crippen molar-refractivity contribution in [1.82, 2.24) is 20.1 Å². The van der Waals surface area contributed by atoms with Crippen LogP contribution in [0, 0.1) is 11.8 Å². The molecule has 3 N–H and O–H groups in total. The highest BCUT2D eigenvalue weighted by Crippen LogP contribution is 2.38. The number of rotatable bonds is 4. The fourth-order valence-electron chi connectivity index (χ4n) is 5.83. The van der Waals surface area contributed by atoms with Crippen LogP contribution in [0.2, 0.25) is 0 Å². The molecule has 0 spiro atoms. The van der Waals surface area contributed by atoms with Crippen LogP contribution in [0.5, 0.6) is 5.75 Å². The first kappa shape index (κ1) is 24.5. The molecule has 3 fully saturated rings. The molecule has 0 radical (unpaired) electrons. The van der Waals surface area contributed by atoms with Crippen LogP contribution in [0.4, 0.5) is 17.2 Å². The second kappa shape index (κ2) is 10.9. The second-order valence-electron chi connectivity index (χ2n) is 10.2. The molecule has 196 valence electrons. The summed E-state index contributed by atoms with van der Waals surface area (Å²) in [6, 6.07) is 14.0. The number of anilines is 3. The molecule has 1 aromatic carbocycles. The number of pyridine rings is 1. The van der Waals surface area contributed by atoms with Gasteiger partial charge in [0.2, 0.25) is 0 Å². The van der Waals surface area contributed by atoms with Crippen molar-refractivity contribution in [3.8, 4) is 28.8 Å². The molecule has 6 rings (SSSR count). The molecular formula is C29H33N7O2. The van der Waals surface area contributed by atoms with E-state index in [1.807, 2.05) is 24.4 Å². The molecule has 38 heavy (non-hydrogen) atoms. The van der Waals surface area contributed by atoms with E-state index in [0.717, 1.165) is 76.6 Å². The smallest absolute Gasteiger partial charge is 0.169 e. The second-order valence-corrected chi connectivity index (χ2v) is 10.2. The van der Waals surface area contributed by atoms with Gasteiger partial charge in [-0.05, 0) is 55.5 Å². The van der Waals surface area contributed by atoms with Crippen molar-refractivity contribution in [2.45, 2.75) is 31.3 Å². The minimum Gasteiger partial charge on any atom is -0.507 e. The van der Waals surface area contributed by atoms with Crippen molar-refractivity contribution >= 4 is 17.2 Å². The van der Waals surface area contributed by atoms with Gasteiger partial charge in [-0.1, -0.05) is 18.1 Å². The number of nitrogens with two attached hydrogens (primary N) is 1. The summed E-state index contributed by atoms with van der Waals surface area (Å²) in [4.78, 5) is 11.7. The number of aromatic nitrogens is 3. The molecular weight excluding hydrogens is 478 g/mol. The number of piperazine rings is 1. The van der Waals surface area contributed by atoms with Gasteiger partial charge < -0.3 is 25.4 Å². The Morgan fingerprint density at radius 1 is 1.03 bits per heavy atom. The first-order chi connectivity index (χ1) is 18.7. The van der Waals surface area contributed by atoms with Crippen LogP contribution in [0.25, 0.3) is 11.3 Å². The Hall–Kier alpha value is -3.87. The number of para-hydroxylation sites is 1. The van der Waals surface area contributed by atoms with E-state index < -0.39 is 0 Å². The van der Waals surface area contributed by atoms with E-state index in [1.54, 1.807) is 12.1 Å². The third-order valence-electron chi connectivity index (χ3n) is 7.68. The molecule has 3 aromatic rings. The van der Waals surface area contributed by atoms with Gasteiger partial charge in [-0.3, -0.25) is 4.90 Å². The third-order valence-corrected chi connectivity index (χ3v) is 7.68. The molecule has 3 aliphatic heterocycles. The molecule has 9 heteroatoms. The van der Waals surface area contributed by atoms with E-state index in [1.165, 1.54) is 5.69 Å². The number of fused-ring (bicyclic) bond motifs is 2. The zero-order valence-electron chi connectivity index (χ0n) is 21.5. The number of phenols is 1. The summed E-state index contributed by atoms with van der Waals surface area (Å²) in [7, 11) is 0. The lowest BCUT2D eigenvalue weighted by Gasteiger charge is -2.43. The zero-order chi connectivity index (χ0) is 25.9. The average Bonchev–Trinajstić information content (AvgIpc) is 3.09. The minimum atomic E-state index is 0.180. The lowest BCUT2D eigenvalue weighted by molar-refractivity contribution is 0.143. The average molecular weight is 512 g/mol. The van der Waals surface area contributed by atoms with Crippen LogP contribution in [0.3, 0.4) is 0 Å². The van der Waals surface area contributed by atoms with Crippen LogP contribution in [-0.4, -0.2) is 83.2 Å². The molecule has 3 aliphatic rings. The fourth-order valence-corrected chi connectivity index (χ4v) is 5.83. The number of nitrogens with zero attached hydrogens (tertiary/aromatic N) is 6. The zero-order valence-corrected chi connectivity index (χ0v) is 21.5. The van der Waals surface area contributed by atoms with Crippen LogP contribution in [0.1, 0.15) is 25.0 Å². The molecule has 0 saturated carbocycles. The normalized spacial score (nSPS) is 21.6. The summed E-state index contributed by atoms with van der Waals surface area (Å²) in [5, 5.41) is 18.8. The number of aromatic hydroxyl groups is 1. The highest BCUT2D eigenvalue weighted by atomic mass is 16.5. The predicted octanol–water partition coefficient (Wildman–Crippen LogP) is 2.76. The van der Waals surface area contributed by atoms with E-state index in [4.69, 9.17) is 10.5 Å². The largest absolute Gasteiger partial charge is 0.507 e. The summed E-state index contributed by atoms with van der Waals surface area (Å²) in [6.45, 7) is 6.00. The number of ether oxygens (including phenoxy) is 1.